The van der Waals surface area contributed by atoms with Gasteiger partial charge in [-0.2, -0.15) is 5.26 Å². The number of halogens is 1. The van der Waals surface area contributed by atoms with Gasteiger partial charge in [-0.25, -0.2) is 0 Å². The fourth-order valence-corrected chi connectivity index (χ4v) is 4.07. The second kappa shape index (κ2) is 10.8. The van der Waals surface area contributed by atoms with Gasteiger partial charge in [-0.3, -0.25) is 9.59 Å². The predicted octanol–water partition coefficient (Wildman–Crippen LogP) is 4.29. The Morgan fingerprint density at radius 3 is 2.53 bits per heavy atom. The maximum atomic E-state index is 13.2. The number of methoxy groups -OCH3 is 1. The summed E-state index contributed by atoms with van der Waals surface area (Å²) in [5, 5.41) is 9.43. The summed E-state index contributed by atoms with van der Waals surface area (Å²) in [5.74, 6) is 0.244. The van der Waals surface area contributed by atoms with Crippen LogP contribution in [0.3, 0.4) is 0 Å². The number of piperidine rings is 1. The molecule has 1 heterocycles. The number of nitrogens with zero attached hydrogens (tertiary/aromatic N) is 3. The first-order valence-corrected chi connectivity index (χ1v) is 10.9. The molecule has 1 aliphatic rings. The number of benzene rings is 2. The number of hydrogen-bond acceptors (Lipinski definition) is 4. The Labute approximate surface area is 193 Å². The van der Waals surface area contributed by atoms with Gasteiger partial charge in [0, 0.05) is 37.1 Å². The van der Waals surface area contributed by atoms with E-state index >= 15 is 0 Å². The zero-order chi connectivity index (χ0) is 23.1. The van der Waals surface area contributed by atoms with Gasteiger partial charge in [0.05, 0.1) is 24.3 Å². The van der Waals surface area contributed by atoms with Crippen LogP contribution in [-0.4, -0.2) is 48.4 Å². The molecule has 1 aliphatic heterocycles. The molecule has 0 aliphatic carbocycles. The van der Waals surface area contributed by atoms with Gasteiger partial charge in [0.15, 0.2) is 0 Å². The lowest BCUT2D eigenvalue weighted by molar-refractivity contribution is -0.137. The highest BCUT2D eigenvalue weighted by Crippen LogP contribution is 2.27. The first-order chi connectivity index (χ1) is 15.5. The molecule has 0 aromatic heterocycles. The SMILES string of the molecule is C=CCN(Cc1ccc(C#N)cc1)C(=O)C1CCN(C(=O)c2cc(Cl)ccc2OC)CC1. The van der Waals surface area contributed by atoms with Crippen LogP contribution in [0.5, 0.6) is 5.75 Å². The number of hydrogen-bond donors (Lipinski definition) is 0. The van der Waals surface area contributed by atoms with Crippen LogP contribution in [0.25, 0.3) is 0 Å². The summed E-state index contributed by atoms with van der Waals surface area (Å²) < 4.78 is 5.31. The van der Waals surface area contributed by atoms with E-state index < -0.39 is 0 Å². The van der Waals surface area contributed by atoms with Gasteiger partial charge in [-0.05, 0) is 48.7 Å². The number of nitriles is 1. The van der Waals surface area contributed by atoms with Crippen molar-refractivity contribution in [2.75, 3.05) is 26.7 Å². The number of carbonyl (C=O) groups excluding carboxylic acids is 2. The van der Waals surface area contributed by atoms with Crippen LogP contribution in [0.2, 0.25) is 5.02 Å². The Morgan fingerprint density at radius 2 is 1.94 bits per heavy atom. The van der Waals surface area contributed by atoms with Crippen molar-refractivity contribution >= 4 is 23.4 Å². The molecule has 1 saturated heterocycles. The van der Waals surface area contributed by atoms with Crippen molar-refractivity contribution in [1.29, 1.82) is 5.26 Å². The third kappa shape index (κ3) is 5.49. The Balaban J connectivity index is 1.64. The van der Waals surface area contributed by atoms with Gasteiger partial charge in [-0.1, -0.05) is 29.8 Å². The summed E-state index contributed by atoms with van der Waals surface area (Å²) in [6.07, 6.45) is 2.90. The van der Waals surface area contributed by atoms with Crippen LogP contribution >= 0.6 is 11.6 Å². The minimum atomic E-state index is -0.154. The molecule has 166 valence electrons. The van der Waals surface area contributed by atoms with Crippen molar-refractivity contribution in [2.24, 2.45) is 5.92 Å². The van der Waals surface area contributed by atoms with E-state index in [0.717, 1.165) is 5.56 Å². The van der Waals surface area contributed by atoms with Crippen molar-refractivity contribution in [3.05, 3.63) is 76.8 Å². The third-order valence-corrected chi connectivity index (χ3v) is 5.88. The quantitative estimate of drug-likeness (QED) is 0.588. The Bertz CT molecular complexity index is 1020. The molecule has 0 saturated carbocycles. The molecule has 3 rings (SSSR count). The number of rotatable bonds is 7. The second-order valence-corrected chi connectivity index (χ2v) is 8.16. The summed E-state index contributed by atoms with van der Waals surface area (Å²) in [5.41, 5.74) is 1.97. The molecule has 2 aromatic carbocycles. The third-order valence-electron chi connectivity index (χ3n) is 5.64. The molecule has 0 N–H and O–H groups in total. The van der Waals surface area contributed by atoms with Crippen molar-refractivity contribution in [3.63, 3.8) is 0 Å². The Morgan fingerprint density at radius 1 is 1.25 bits per heavy atom. The van der Waals surface area contributed by atoms with E-state index in [9.17, 15) is 9.59 Å². The maximum Gasteiger partial charge on any atom is 0.257 e. The highest BCUT2D eigenvalue weighted by Gasteiger charge is 2.31. The predicted molar refractivity (Wildman–Crippen MR) is 123 cm³/mol. The van der Waals surface area contributed by atoms with Gasteiger partial charge in [0.1, 0.15) is 5.75 Å². The van der Waals surface area contributed by atoms with E-state index in [1.807, 2.05) is 12.1 Å². The summed E-state index contributed by atoms with van der Waals surface area (Å²) in [4.78, 5) is 29.7. The summed E-state index contributed by atoms with van der Waals surface area (Å²) in [6, 6.07) is 14.3. The van der Waals surface area contributed by atoms with Crippen LogP contribution in [0.4, 0.5) is 0 Å². The molecule has 0 bridgehead atoms. The monoisotopic (exact) mass is 451 g/mol. The highest BCUT2D eigenvalue weighted by molar-refractivity contribution is 6.31. The molecule has 0 radical (unpaired) electrons. The van der Waals surface area contributed by atoms with Gasteiger partial charge in [0.25, 0.3) is 5.91 Å². The Hall–Kier alpha value is -3.30. The fraction of sp³-hybridized carbons (Fsp3) is 0.320. The van der Waals surface area contributed by atoms with Crippen molar-refractivity contribution < 1.29 is 14.3 Å². The molecule has 1 fully saturated rings. The van der Waals surface area contributed by atoms with E-state index in [1.54, 1.807) is 46.2 Å². The number of carbonyl (C=O) groups is 2. The van der Waals surface area contributed by atoms with Gasteiger partial charge in [-0.15, -0.1) is 6.58 Å². The van der Waals surface area contributed by atoms with Crippen LogP contribution < -0.4 is 4.74 Å². The second-order valence-electron chi connectivity index (χ2n) is 7.73. The summed E-state index contributed by atoms with van der Waals surface area (Å²) in [6.45, 7) is 5.65. The van der Waals surface area contributed by atoms with E-state index in [-0.39, 0.29) is 17.7 Å². The van der Waals surface area contributed by atoms with Crippen molar-refractivity contribution in [3.8, 4) is 11.8 Å². The minimum absolute atomic E-state index is 0.0571. The number of amides is 2. The molecular formula is C25H26ClN3O3. The van der Waals surface area contributed by atoms with Gasteiger partial charge >= 0.3 is 0 Å². The average molecular weight is 452 g/mol. The van der Waals surface area contributed by atoms with E-state index in [1.165, 1.54) is 7.11 Å². The molecule has 0 atom stereocenters. The number of ether oxygens (including phenoxy) is 1. The summed E-state index contributed by atoms with van der Waals surface area (Å²) in [7, 11) is 1.52. The van der Waals surface area contributed by atoms with Crippen molar-refractivity contribution in [1.82, 2.24) is 9.80 Å². The topological polar surface area (TPSA) is 73.6 Å². The number of likely N-dealkylation sites (tertiary alicyclic amines) is 1. The van der Waals surface area contributed by atoms with Crippen LogP contribution in [0.15, 0.2) is 55.1 Å². The van der Waals surface area contributed by atoms with Gasteiger partial charge < -0.3 is 14.5 Å². The lowest BCUT2D eigenvalue weighted by Gasteiger charge is -2.34. The van der Waals surface area contributed by atoms with Crippen LogP contribution in [0, 0.1) is 17.2 Å². The van der Waals surface area contributed by atoms with Crippen LogP contribution in [-0.2, 0) is 11.3 Å². The van der Waals surface area contributed by atoms with Gasteiger partial charge in [0.2, 0.25) is 5.91 Å². The molecule has 0 unspecified atom stereocenters. The first kappa shape index (κ1) is 23.4. The van der Waals surface area contributed by atoms with E-state index in [0.29, 0.717) is 60.9 Å². The first-order valence-electron chi connectivity index (χ1n) is 10.5. The smallest absolute Gasteiger partial charge is 0.257 e. The fourth-order valence-electron chi connectivity index (χ4n) is 3.90. The average Bonchev–Trinajstić information content (AvgIpc) is 2.83. The lowest BCUT2D eigenvalue weighted by Crippen LogP contribution is -2.44. The lowest BCUT2D eigenvalue weighted by atomic mass is 9.94. The minimum Gasteiger partial charge on any atom is -0.496 e. The molecule has 32 heavy (non-hydrogen) atoms. The van der Waals surface area contributed by atoms with E-state index in [2.05, 4.69) is 12.6 Å². The maximum absolute atomic E-state index is 13.2. The molecule has 2 amide bonds. The Kier molecular flexibility index (Phi) is 7.91. The van der Waals surface area contributed by atoms with Crippen molar-refractivity contribution in [2.45, 2.75) is 19.4 Å². The molecular weight excluding hydrogens is 426 g/mol. The standard InChI is InChI=1S/C25H26ClN3O3/c1-3-12-29(17-19-6-4-18(16-27)5-7-19)24(30)20-10-13-28(14-11-20)25(31)22-15-21(26)8-9-23(22)32-2/h3-9,15,20H,1,10-14,17H2,2H3. The largest absolute Gasteiger partial charge is 0.496 e. The highest BCUT2D eigenvalue weighted by atomic mass is 35.5. The normalized spacial score (nSPS) is 13.8. The molecule has 7 heteroatoms. The molecule has 6 nitrogen and oxygen atoms in total. The van der Waals surface area contributed by atoms with Crippen LogP contribution in [0.1, 0.15) is 34.3 Å². The summed E-state index contributed by atoms with van der Waals surface area (Å²) >= 11 is 6.07. The zero-order valence-electron chi connectivity index (χ0n) is 18.1. The van der Waals surface area contributed by atoms with E-state index in [4.69, 9.17) is 21.6 Å². The molecule has 0 spiro atoms. The molecule has 2 aromatic rings. The zero-order valence-corrected chi connectivity index (χ0v) is 18.8.